The van der Waals surface area contributed by atoms with Crippen LogP contribution in [-0.4, -0.2) is 60.8 Å². The highest BCUT2D eigenvalue weighted by molar-refractivity contribution is 5.77. The number of hydrogen-bond donors (Lipinski definition) is 4. The molecule has 2 aliphatic heterocycles. The Labute approximate surface area is 135 Å². The molecule has 3 heterocycles. The highest BCUT2D eigenvalue weighted by Crippen LogP contribution is 2.15. The van der Waals surface area contributed by atoms with Gasteiger partial charge in [0.05, 0.1) is 12.7 Å². The predicted octanol–water partition coefficient (Wildman–Crippen LogP) is -0.746. The van der Waals surface area contributed by atoms with Crippen LogP contribution in [0.3, 0.4) is 0 Å². The predicted molar refractivity (Wildman–Crippen MR) is 86.9 cm³/mol. The Morgan fingerprint density at radius 2 is 2.39 bits per heavy atom. The number of amides is 2. The second-order valence-electron chi connectivity index (χ2n) is 5.52. The monoisotopic (exact) mass is 323 g/mol. The fraction of sp³-hybridized carbons (Fsp3) is 0.643. The van der Waals surface area contributed by atoms with E-state index in [1.54, 1.807) is 6.20 Å². The highest BCUT2D eigenvalue weighted by Gasteiger charge is 2.31. The molecule has 1 aromatic heterocycles. The average molecular weight is 323 g/mol. The minimum Gasteiger partial charge on any atom is -0.370 e. The van der Waals surface area contributed by atoms with Crippen molar-refractivity contribution < 1.29 is 9.32 Å². The molecular weight excluding hydrogens is 298 g/mol. The third-order valence-electron chi connectivity index (χ3n) is 3.66. The van der Waals surface area contributed by atoms with Crippen LogP contribution < -0.4 is 22.1 Å². The first-order chi connectivity index (χ1) is 11.1. The molecule has 2 saturated heterocycles. The van der Waals surface area contributed by atoms with Gasteiger partial charge in [-0.3, -0.25) is 4.99 Å². The summed E-state index contributed by atoms with van der Waals surface area (Å²) in [5.74, 6) is 1.00. The van der Waals surface area contributed by atoms with Gasteiger partial charge in [0.15, 0.2) is 5.96 Å². The number of fused-ring (bicyclic) bond motifs is 2. The van der Waals surface area contributed by atoms with E-state index < -0.39 is 0 Å². The van der Waals surface area contributed by atoms with Gasteiger partial charge in [0, 0.05) is 44.7 Å². The molecule has 128 valence electrons. The minimum absolute atomic E-state index is 0.127. The number of urea groups is 1. The number of nitrogens with two attached hydrogens (primary N) is 2. The number of nitrogens with zero attached hydrogens (tertiary/aromatic N) is 3. The van der Waals surface area contributed by atoms with Crippen LogP contribution in [0.5, 0.6) is 0 Å². The quantitative estimate of drug-likeness (QED) is 0.309. The lowest BCUT2D eigenvalue weighted by Gasteiger charge is -2.18. The number of rotatable bonds is 6. The summed E-state index contributed by atoms with van der Waals surface area (Å²) in [6.45, 7) is 4.08. The Morgan fingerprint density at radius 3 is 3.04 bits per heavy atom. The summed E-state index contributed by atoms with van der Waals surface area (Å²) in [7, 11) is 0. The zero-order valence-electron chi connectivity index (χ0n) is 13.2. The van der Waals surface area contributed by atoms with Crippen LogP contribution >= 0.6 is 0 Å². The first kappa shape index (κ1) is 17.1. The van der Waals surface area contributed by atoms with Crippen LogP contribution in [0.1, 0.15) is 18.6 Å². The Balaban J connectivity index is 0.000000182. The molecule has 1 aromatic rings. The van der Waals surface area contributed by atoms with Gasteiger partial charge < -0.3 is 31.5 Å². The van der Waals surface area contributed by atoms with Gasteiger partial charge in [-0.1, -0.05) is 5.16 Å². The third-order valence-corrected chi connectivity index (χ3v) is 3.66. The number of hydrogen-bond acceptors (Lipinski definition) is 5. The molecule has 0 aliphatic carbocycles. The van der Waals surface area contributed by atoms with Crippen molar-refractivity contribution in [2.45, 2.75) is 25.3 Å². The van der Waals surface area contributed by atoms with E-state index in [9.17, 15) is 4.79 Å². The number of aliphatic imine (C=N–C) groups is 1. The summed E-state index contributed by atoms with van der Waals surface area (Å²) in [5.41, 5.74) is 10.3. The van der Waals surface area contributed by atoms with Gasteiger partial charge in [-0.25, -0.2) is 4.79 Å². The summed E-state index contributed by atoms with van der Waals surface area (Å²) in [5, 5.41) is 9.68. The van der Waals surface area contributed by atoms with Crippen LogP contribution in [0, 0.1) is 0 Å². The standard InChI is InChI=1S/C8H15N5O.C6H10N2O/c9-8(10)12-6-5-11-3-1-7-2-4-13-14-7;9-6-7-5-2-1-3-8(6)4-5/h2,4,11H,1,3,5-6H2,(H4,9,10,12);5H,1-4H2,(H,7,9). The van der Waals surface area contributed by atoms with Crippen LogP contribution in [0.15, 0.2) is 21.8 Å². The second kappa shape index (κ2) is 8.99. The van der Waals surface area contributed by atoms with E-state index >= 15 is 0 Å². The lowest BCUT2D eigenvalue weighted by molar-refractivity contribution is 0.215. The van der Waals surface area contributed by atoms with Crippen LogP contribution in [0.25, 0.3) is 0 Å². The Bertz CT molecular complexity index is 499. The number of aromatic nitrogens is 1. The normalized spacial score (nSPS) is 18.9. The fourth-order valence-corrected chi connectivity index (χ4v) is 2.52. The molecular formula is C14H25N7O2. The fourth-order valence-electron chi connectivity index (χ4n) is 2.52. The van der Waals surface area contributed by atoms with E-state index in [0.717, 1.165) is 38.4 Å². The maximum Gasteiger partial charge on any atom is 0.317 e. The Morgan fingerprint density at radius 1 is 1.52 bits per heavy atom. The van der Waals surface area contributed by atoms with Crippen molar-refractivity contribution in [1.82, 2.24) is 20.7 Å². The molecule has 23 heavy (non-hydrogen) atoms. The van der Waals surface area contributed by atoms with E-state index in [0.29, 0.717) is 12.6 Å². The third kappa shape index (κ3) is 6.15. The Kier molecular flexibility index (Phi) is 6.67. The Hall–Kier alpha value is -2.29. The van der Waals surface area contributed by atoms with Gasteiger partial charge >= 0.3 is 6.03 Å². The molecule has 0 saturated carbocycles. The maximum atomic E-state index is 10.9. The molecule has 0 aromatic carbocycles. The lowest BCUT2D eigenvalue weighted by atomic mass is 10.1. The van der Waals surface area contributed by atoms with Gasteiger partial charge in [-0.2, -0.15) is 0 Å². The van der Waals surface area contributed by atoms with Crippen molar-refractivity contribution in [2.24, 2.45) is 16.5 Å². The van der Waals surface area contributed by atoms with Gasteiger partial charge in [-0.05, 0) is 12.8 Å². The van der Waals surface area contributed by atoms with E-state index in [1.807, 2.05) is 11.0 Å². The molecule has 6 N–H and O–H groups in total. The summed E-state index contributed by atoms with van der Waals surface area (Å²) in [6.07, 6.45) is 4.79. The molecule has 1 atom stereocenters. The summed E-state index contributed by atoms with van der Waals surface area (Å²) < 4.78 is 4.92. The molecule has 9 heteroatoms. The van der Waals surface area contributed by atoms with Gasteiger partial charge in [0.2, 0.25) is 0 Å². The van der Waals surface area contributed by atoms with Crippen molar-refractivity contribution in [3.63, 3.8) is 0 Å². The molecule has 0 radical (unpaired) electrons. The molecule has 0 spiro atoms. The summed E-state index contributed by atoms with van der Waals surface area (Å²) in [4.78, 5) is 16.6. The van der Waals surface area contributed by atoms with Crippen molar-refractivity contribution in [3.05, 3.63) is 18.0 Å². The second-order valence-corrected chi connectivity index (χ2v) is 5.52. The van der Waals surface area contributed by atoms with Gasteiger partial charge in [0.1, 0.15) is 5.76 Å². The minimum atomic E-state index is 0.127. The van der Waals surface area contributed by atoms with Crippen molar-refractivity contribution in [2.75, 3.05) is 32.7 Å². The molecule has 1 unspecified atom stereocenters. The topological polar surface area (TPSA) is 135 Å². The molecule has 2 amide bonds. The zero-order valence-corrected chi connectivity index (χ0v) is 13.2. The lowest BCUT2D eigenvalue weighted by Crippen LogP contribution is -2.30. The van der Waals surface area contributed by atoms with Crippen LogP contribution in [0.4, 0.5) is 4.79 Å². The van der Waals surface area contributed by atoms with Gasteiger partial charge in [-0.15, -0.1) is 0 Å². The number of piperidine rings is 1. The number of carbonyl (C=O) groups is 1. The van der Waals surface area contributed by atoms with Crippen molar-refractivity contribution in [3.8, 4) is 0 Å². The van der Waals surface area contributed by atoms with Crippen LogP contribution in [-0.2, 0) is 6.42 Å². The molecule has 2 bridgehead atoms. The number of nitrogens with one attached hydrogen (secondary N) is 2. The van der Waals surface area contributed by atoms with Gasteiger partial charge in [0.25, 0.3) is 0 Å². The number of guanidine groups is 1. The smallest absolute Gasteiger partial charge is 0.317 e. The first-order valence-electron chi connectivity index (χ1n) is 7.86. The number of carbonyl (C=O) groups excluding carboxylic acids is 1. The summed E-state index contributed by atoms with van der Waals surface area (Å²) >= 11 is 0. The molecule has 2 aliphatic rings. The highest BCUT2D eigenvalue weighted by atomic mass is 16.5. The van der Waals surface area contributed by atoms with E-state index in [2.05, 4.69) is 20.8 Å². The maximum absolute atomic E-state index is 10.9. The van der Waals surface area contributed by atoms with E-state index in [1.165, 1.54) is 12.8 Å². The van der Waals surface area contributed by atoms with Crippen molar-refractivity contribution in [1.29, 1.82) is 0 Å². The van der Waals surface area contributed by atoms with Crippen molar-refractivity contribution >= 4 is 12.0 Å². The molecule has 9 nitrogen and oxygen atoms in total. The average Bonchev–Trinajstić information content (AvgIpc) is 3.12. The molecule has 2 fully saturated rings. The summed E-state index contributed by atoms with van der Waals surface area (Å²) in [6, 6.07) is 2.45. The largest absolute Gasteiger partial charge is 0.370 e. The van der Waals surface area contributed by atoms with E-state index in [-0.39, 0.29) is 12.0 Å². The zero-order chi connectivity index (χ0) is 16.5. The van der Waals surface area contributed by atoms with E-state index in [4.69, 9.17) is 16.0 Å². The first-order valence-corrected chi connectivity index (χ1v) is 7.86. The SMILES string of the molecule is NC(N)=NCCNCCc1ccno1.O=C1NC2CCCN1C2. The molecule has 3 rings (SSSR count). The van der Waals surface area contributed by atoms with Crippen LogP contribution in [0.2, 0.25) is 0 Å².